The summed E-state index contributed by atoms with van der Waals surface area (Å²) >= 11 is 1.43. The third-order valence-electron chi connectivity index (χ3n) is 2.64. The van der Waals surface area contributed by atoms with Gasteiger partial charge in [0.05, 0.1) is 6.54 Å². The fourth-order valence-electron chi connectivity index (χ4n) is 1.61. The molecule has 1 aromatic heterocycles. The number of hydrogen-bond donors (Lipinski definition) is 2. The van der Waals surface area contributed by atoms with Crippen LogP contribution in [0.2, 0.25) is 0 Å². The molecule has 9 heteroatoms. The lowest BCUT2D eigenvalue weighted by atomic mass is 10.2. The summed E-state index contributed by atoms with van der Waals surface area (Å²) < 4.78 is 65.5. The van der Waals surface area contributed by atoms with Crippen molar-refractivity contribution < 1.29 is 26.7 Å². The second-order valence-corrected chi connectivity index (χ2v) is 5.21. The van der Waals surface area contributed by atoms with Crippen LogP contribution in [0.4, 0.5) is 27.6 Å². The summed E-state index contributed by atoms with van der Waals surface area (Å²) in [6.07, 6.45) is 0. The van der Waals surface area contributed by atoms with Crippen molar-refractivity contribution in [2.45, 2.75) is 6.54 Å². The maximum atomic E-state index is 13.4. The molecule has 0 radical (unpaired) electrons. The molecule has 2 N–H and O–H groups in total. The highest BCUT2D eigenvalue weighted by atomic mass is 32.1. The summed E-state index contributed by atoms with van der Waals surface area (Å²) in [6.45, 7) is -0.0143. The van der Waals surface area contributed by atoms with Gasteiger partial charge in [-0.1, -0.05) is 6.07 Å². The third kappa shape index (κ3) is 3.42. The molecule has 0 atom stereocenters. The first kappa shape index (κ1) is 16.4. The number of carbonyl (C=O) groups is 1. The maximum absolute atomic E-state index is 13.4. The van der Waals surface area contributed by atoms with Gasteiger partial charge in [-0.25, -0.2) is 22.0 Å². The molecule has 0 bridgehead atoms. The van der Waals surface area contributed by atoms with Crippen molar-refractivity contribution in [2.75, 3.05) is 11.9 Å². The molecule has 1 heterocycles. The SMILES string of the molecule is O=C(CNCc1cccs1)Nc1c(F)c(F)c(F)c(F)c1F. The Hall–Kier alpha value is -2.00. The summed E-state index contributed by atoms with van der Waals surface area (Å²) in [6, 6.07) is 3.61. The number of hydrogen-bond acceptors (Lipinski definition) is 3. The topological polar surface area (TPSA) is 41.1 Å². The van der Waals surface area contributed by atoms with Crippen LogP contribution in [0.3, 0.4) is 0 Å². The van der Waals surface area contributed by atoms with Gasteiger partial charge in [-0.2, -0.15) is 0 Å². The Morgan fingerprint density at radius 1 is 1.00 bits per heavy atom. The minimum absolute atomic E-state index is 0.336. The zero-order chi connectivity index (χ0) is 16.3. The van der Waals surface area contributed by atoms with Gasteiger partial charge in [0.2, 0.25) is 11.7 Å². The standard InChI is InChI=1S/C13H9F5N2OS/c14-8-9(15)11(17)13(12(18)10(8)16)20-7(21)5-19-4-6-2-1-3-22-6/h1-3,19H,4-5H2,(H,20,21). The summed E-state index contributed by atoms with van der Waals surface area (Å²) in [4.78, 5) is 12.4. The van der Waals surface area contributed by atoms with E-state index in [0.717, 1.165) is 4.88 Å². The molecule has 22 heavy (non-hydrogen) atoms. The molecule has 0 fully saturated rings. The Labute approximate surface area is 125 Å². The first-order valence-corrected chi connectivity index (χ1v) is 6.84. The van der Waals surface area contributed by atoms with Gasteiger partial charge in [-0.3, -0.25) is 4.79 Å². The smallest absolute Gasteiger partial charge is 0.238 e. The summed E-state index contributed by atoms with van der Waals surface area (Å²) in [5, 5.41) is 6.18. The normalized spacial score (nSPS) is 10.8. The van der Waals surface area contributed by atoms with Crippen LogP contribution in [0.25, 0.3) is 0 Å². The lowest BCUT2D eigenvalue weighted by Gasteiger charge is -2.10. The molecule has 2 rings (SSSR count). The van der Waals surface area contributed by atoms with Crippen LogP contribution < -0.4 is 10.6 Å². The number of rotatable bonds is 5. The first-order chi connectivity index (χ1) is 10.4. The molecule has 0 aliphatic rings. The molecule has 0 spiro atoms. The van der Waals surface area contributed by atoms with E-state index in [9.17, 15) is 26.7 Å². The molecule has 0 saturated carbocycles. The molecule has 0 aliphatic heterocycles. The first-order valence-electron chi connectivity index (χ1n) is 5.96. The van der Waals surface area contributed by atoms with Crippen LogP contribution in [0, 0.1) is 29.1 Å². The van der Waals surface area contributed by atoms with Crippen molar-refractivity contribution in [2.24, 2.45) is 0 Å². The minimum atomic E-state index is -2.27. The number of benzene rings is 1. The van der Waals surface area contributed by atoms with E-state index in [0.29, 0.717) is 6.54 Å². The van der Waals surface area contributed by atoms with E-state index in [-0.39, 0.29) is 6.54 Å². The van der Waals surface area contributed by atoms with Gasteiger partial charge in [0.15, 0.2) is 23.3 Å². The van der Waals surface area contributed by atoms with Crippen LogP contribution in [0.5, 0.6) is 0 Å². The van der Waals surface area contributed by atoms with Crippen molar-refractivity contribution in [3.05, 3.63) is 51.5 Å². The molecular weight excluding hydrogens is 327 g/mol. The quantitative estimate of drug-likeness (QED) is 0.500. The van der Waals surface area contributed by atoms with E-state index >= 15 is 0 Å². The number of nitrogens with one attached hydrogen (secondary N) is 2. The predicted molar refractivity (Wildman–Crippen MR) is 70.9 cm³/mol. The van der Waals surface area contributed by atoms with Gasteiger partial charge in [0, 0.05) is 11.4 Å². The van der Waals surface area contributed by atoms with Gasteiger partial charge < -0.3 is 10.6 Å². The number of anilines is 1. The number of carbonyl (C=O) groups excluding carboxylic acids is 1. The zero-order valence-corrected chi connectivity index (χ0v) is 11.7. The lowest BCUT2D eigenvalue weighted by Crippen LogP contribution is -2.28. The highest BCUT2D eigenvalue weighted by Crippen LogP contribution is 2.26. The fraction of sp³-hybridized carbons (Fsp3) is 0.154. The van der Waals surface area contributed by atoms with E-state index in [1.165, 1.54) is 11.3 Å². The Morgan fingerprint density at radius 3 is 2.14 bits per heavy atom. The molecule has 1 aromatic carbocycles. The van der Waals surface area contributed by atoms with Gasteiger partial charge in [0.1, 0.15) is 5.69 Å². The van der Waals surface area contributed by atoms with Crippen LogP contribution in [-0.4, -0.2) is 12.5 Å². The van der Waals surface area contributed by atoms with E-state index in [4.69, 9.17) is 0 Å². The Bertz CT molecular complexity index is 661. The number of thiophene rings is 1. The Morgan fingerprint density at radius 2 is 1.59 bits per heavy atom. The maximum Gasteiger partial charge on any atom is 0.238 e. The van der Waals surface area contributed by atoms with E-state index in [1.54, 1.807) is 17.4 Å². The second kappa shape index (κ2) is 6.84. The van der Waals surface area contributed by atoms with Gasteiger partial charge in [-0.05, 0) is 11.4 Å². The van der Waals surface area contributed by atoms with Crippen molar-refractivity contribution >= 4 is 22.9 Å². The molecule has 0 aliphatic carbocycles. The van der Waals surface area contributed by atoms with Crippen LogP contribution in [-0.2, 0) is 11.3 Å². The fourth-order valence-corrected chi connectivity index (χ4v) is 2.29. The molecule has 0 saturated heterocycles. The molecular formula is C13H9F5N2OS. The van der Waals surface area contributed by atoms with E-state index in [1.807, 2.05) is 5.38 Å². The van der Waals surface area contributed by atoms with Crippen LogP contribution in [0.15, 0.2) is 17.5 Å². The highest BCUT2D eigenvalue weighted by Gasteiger charge is 2.26. The monoisotopic (exact) mass is 336 g/mol. The summed E-state index contributed by atoms with van der Waals surface area (Å²) in [5.41, 5.74) is -1.36. The van der Waals surface area contributed by atoms with Crippen molar-refractivity contribution in [1.29, 1.82) is 0 Å². The lowest BCUT2D eigenvalue weighted by molar-refractivity contribution is -0.115. The predicted octanol–water partition coefficient (Wildman–Crippen LogP) is 3.17. The van der Waals surface area contributed by atoms with Crippen molar-refractivity contribution in [1.82, 2.24) is 5.32 Å². The molecule has 2 aromatic rings. The van der Waals surface area contributed by atoms with Crippen LogP contribution in [0.1, 0.15) is 4.88 Å². The van der Waals surface area contributed by atoms with Crippen molar-refractivity contribution in [3.8, 4) is 0 Å². The van der Waals surface area contributed by atoms with Gasteiger partial charge >= 0.3 is 0 Å². The highest BCUT2D eigenvalue weighted by molar-refractivity contribution is 7.09. The summed E-state index contributed by atoms with van der Waals surface area (Å²) in [7, 11) is 0. The zero-order valence-electron chi connectivity index (χ0n) is 10.9. The average molecular weight is 336 g/mol. The molecule has 3 nitrogen and oxygen atoms in total. The summed E-state index contributed by atoms with van der Waals surface area (Å²) in [5.74, 6) is -11.6. The number of amides is 1. The largest absolute Gasteiger partial charge is 0.320 e. The molecule has 118 valence electrons. The van der Waals surface area contributed by atoms with E-state index in [2.05, 4.69) is 5.32 Å². The average Bonchev–Trinajstić information content (AvgIpc) is 3.01. The molecule has 1 amide bonds. The van der Waals surface area contributed by atoms with Gasteiger partial charge in [-0.15, -0.1) is 11.3 Å². The third-order valence-corrected chi connectivity index (χ3v) is 3.52. The van der Waals surface area contributed by atoms with Gasteiger partial charge in [0.25, 0.3) is 0 Å². The second-order valence-electron chi connectivity index (χ2n) is 4.18. The van der Waals surface area contributed by atoms with Crippen molar-refractivity contribution in [3.63, 3.8) is 0 Å². The van der Waals surface area contributed by atoms with E-state index < -0.39 is 40.7 Å². The number of halogens is 5. The van der Waals surface area contributed by atoms with Crippen LogP contribution >= 0.6 is 11.3 Å². The Kier molecular flexibility index (Phi) is 5.09. The minimum Gasteiger partial charge on any atom is -0.320 e. The molecule has 0 unspecified atom stereocenters. The Balaban J connectivity index is 2.02.